The van der Waals surface area contributed by atoms with Crippen LogP contribution in [0.2, 0.25) is 0 Å². The lowest BCUT2D eigenvalue weighted by molar-refractivity contribution is -0.118. The van der Waals surface area contributed by atoms with Gasteiger partial charge in [0.25, 0.3) is 5.91 Å². The van der Waals surface area contributed by atoms with E-state index in [0.29, 0.717) is 5.57 Å². The molecule has 29 heavy (non-hydrogen) atoms. The molecule has 0 bridgehead atoms. The Labute approximate surface area is 170 Å². The molecule has 2 aromatic carbocycles. The fourth-order valence-electron chi connectivity index (χ4n) is 3.61. The van der Waals surface area contributed by atoms with E-state index in [9.17, 15) is 4.79 Å². The molecule has 148 valence electrons. The number of rotatable bonds is 6. The van der Waals surface area contributed by atoms with Gasteiger partial charge in [0.05, 0.1) is 17.7 Å². The molecule has 1 aliphatic rings. The molecular weight excluding hydrogens is 364 g/mol. The fourth-order valence-corrected chi connectivity index (χ4v) is 3.61. The summed E-state index contributed by atoms with van der Waals surface area (Å²) in [6, 6.07) is 15.7. The molecule has 2 unspecified atom stereocenters. The number of carbonyl (C=O) groups excluding carboxylic acids is 1. The average molecular weight is 388 g/mol. The van der Waals surface area contributed by atoms with E-state index < -0.39 is 0 Å². The van der Waals surface area contributed by atoms with Crippen molar-refractivity contribution in [1.29, 1.82) is 0 Å². The number of hydrogen-bond donors (Lipinski definition) is 1. The minimum atomic E-state index is -0.149. The van der Waals surface area contributed by atoms with Crippen molar-refractivity contribution in [1.82, 2.24) is 20.1 Å². The molecular formula is C23H24N4O2. The molecule has 0 saturated carbocycles. The fraction of sp³-hybridized carbons (Fsp3) is 0.261. The van der Waals surface area contributed by atoms with Gasteiger partial charge in [-0.15, -0.1) is 0 Å². The zero-order valence-electron chi connectivity index (χ0n) is 16.6. The molecule has 2 atom stereocenters. The number of para-hydroxylation sites is 1. The van der Waals surface area contributed by atoms with Crippen LogP contribution in [-0.4, -0.2) is 33.3 Å². The molecule has 0 spiro atoms. The van der Waals surface area contributed by atoms with Crippen molar-refractivity contribution in [2.45, 2.75) is 32.4 Å². The van der Waals surface area contributed by atoms with Crippen molar-refractivity contribution < 1.29 is 9.53 Å². The van der Waals surface area contributed by atoms with Crippen LogP contribution in [0.5, 0.6) is 5.75 Å². The van der Waals surface area contributed by atoms with Gasteiger partial charge in [-0.2, -0.15) is 5.10 Å². The Morgan fingerprint density at radius 2 is 2.00 bits per heavy atom. The van der Waals surface area contributed by atoms with E-state index >= 15 is 0 Å². The average Bonchev–Trinajstić information content (AvgIpc) is 3.28. The molecule has 1 N–H and O–H groups in total. The first kappa shape index (κ1) is 18.9. The lowest BCUT2D eigenvalue weighted by Crippen LogP contribution is -2.43. The van der Waals surface area contributed by atoms with E-state index in [1.54, 1.807) is 11.0 Å². The first-order valence-electron chi connectivity index (χ1n) is 9.79. The normalized spacial score (nSPS) is 14.9. The lowest BCUT2D eigenvalue weighted by atomic mass is 9.96. The Bertz CT molecular complexity index is 1010. The second-order valence-electron chi connectivity index (χ2n) is 7.22. The molecule has 6 heteroatoms. The number of benzene rings is 2. The quantitative estimate of drug-likeness (QED) is 0.701. The summed E-state index contributed by atoms with van der Waals surface area (Å²) in [5, 5.41) is 7.54. The monoisotopic (exact) mass is 388 g/mol. The summed E-state index contributed by atoms with van der Waals surface area (Å²) in [7, 11) is 0. The van der Waals surface area contributed by atoms with Gasteiger partial charge in [0.1, 0.15) is 25.0 Å². The third kappa shape index (κ3) is 4.06. The Morgan fingerprint density at radius 3 is 2.72 bits per heavy atom. The zero-order chi connectivity index (χ0) is 20.2. The summed E-state index contributed by atoms with van der Waals surface area (Å²) in [6.07, 6.45) is 5.86. The van der Waals surface area contributed by atoms with Crippen LogP contribution in [0.15, 0.2) is 66.8 Å². The van der Waals surface area contributed by atoms with Crippen molar-refractivity contribution in [2.24, 2.45) is 0 Å². The molecule has 0 radical (unpaired) electrons. The van der Waals surface area contributed by atoms with Crippen molar-refractivity contribution in [2.75, 3.05) is 6.61 Å². The number of ether oxygens (including phenoxy) is 1. The van der Waals surface area contributed by atoms with Crippen LogP contribution < -0.4 is 10.1 Å². The van der Waals surface area contributed by atoms with Crippen LogP contribution in [0.1, 0.15) is 36.1 Å². The highest BCUT2D eigenvalue weighted by Gasteiger charge is 2.28. The van der Waals surface area contributed by atoms with E-state index in [-0.39, 0.29) is 24.6 Å². The first-order valence-corrected chi connectivity index (χ1v) is 9.79. The van der Waals surface area contributed by atoms with E-state index in [1.165, 1.54) is 11.9 Å². The van der Waals surface area contributed by atoms with Crippen LogP contribution in [0.25, 0.3) is 6.08 Å². The van der Waals surface area contributed by atoms with Crippen molar-refractivity contribution in [3.63, 3.8) is 0 Å². The highest BCUT2D eigenvalue weighted by Crippen LogP contribution is 2.27. The highest BCUT2D eigenvalue weighted by molar-refractivity contribution is 5.99. The van der Waals surface area contributed by atoms with E-state index in [0.717, 1.165) is 23.3 Å². The number of carbonyl (C=O) groups is 1. The minimum absolute atomic E-state index is 0.122. The predicted molar refractivity (Wildman–Crippen MR) is 111 cm³/mol. The molecule has 1 aromatic heterocycles. The standard InChI is InChI=1S/C23H24N4O2/c1-3-20(22(27-15-24-14-25-27)17-10-8-16(2)9-11-17)26-23(28)19-12-18-6-4-5-7-21(18)29-13-19/h4-12,14-15,20,22H,3,13H2,1-2H3,(H,26,28). The van der Waals surface area contributed by atoms with Crippen molar-refractivity contribution >= 4 is 12.0 Å². The van der Waals surface area contributed by atoms with Gasteiger partial charge in [0, 0.05) is 5.56 Å². The van der Waals surface area contributed by atoms with Gasteiger partial charge in [0.15, 0.2) is 0 Å². The Hall–Kier alpha value is -3.41. The number of aryl methyl sites for hydroxylation is 1. The van der Waals surface area contributed by atoms with Gasteiger partial charge in [0.2, 0.25) is 0 Å². The molecule has 0 aliphatic carbocycles. The third-order valence-corrected chi connectivity index (χ3v) is 5.20. The van der Waals surface area contributed by atoms with Gasteiger partial charge in [-0.1, -0.05) is 55.0 Å². The zero-order valence-corrected chi connectivity index (χ0v) is 16.6. The topological polar surface area (TPSA) is 69.0 Å². The van der Waals surface area contributed by atoms with Gasteiger partial charge >= 0.3 is 0 Å². The minimum Gasteiger partial charge on any atom is -0.488 e. The largest absolute Gasteiger partial charge is 0.488 e. The molecule has 0 fully saturated rings. The van der Waals surface area contributed by atoms with Crippen LogP contribution in [-0.2, 0) is 4.79 Å². The van der Waals surface area contributed by atoms with Crippen LogP contribution in [0, 0.1) is 6.92 Å². The molecule has 4 rings (SSSR count). The van der Waals surface area contributed by atoms with Crippen LogP contribution in [0.4, 0.5) is 0 Å². The summed E-state index contributed by atoms with van der Waals surface area (Å²) >= 11 is 0. The molecule has 3 aromatic rings. The maximum atomic E-state index is 13.0. The lowest BCUT2D eigenvalue weighted by Gasteiger charge is -2.28. The number of hydrogen-bond acceptors (Lipinski definition) is 4. The van der Waals surface area contributed by atoms with Gasteiger partial charge < -0.3 is 10.1 Å². The van der Waals surface area contributed by atoms with Crippen molar-refractivity contribution in [3.8, 4) is 5.75 Å². The SMILES string of the molecule is CCC(NC(=O)C1=Cc2ccccc2OC1)C(c1ccc(C)cc1)n1cncn1. The first-order chi connectivity index (χ1) is 14.2. The molecule has 6 nitrogen and oxygen atoms in total. The predicted octanol–water partition coefficient (Wildman–Crippen LogP) is 3.55. The van der Waals surface area contributed by atoms with Crippen LogP contribution in [0.3, 0.4) is 0 Å². The Kier molecular flexibility index (Phi) is 5.42. The third-order valence-electron chi connectivity index (χ3n) is 5.20. The number of fused-ring (bicyclic) bond motifs is 1. The van der Waals surface area contributed by atoms with E-state index in [2.05, 4.69) is 53.5 Å². The smallest absolute Gasteiger partial charge is 0.250 e. The van der Waals surface area contributed by atoms with Gasteiger partial charge in [-0.05, 0) is 31.1 Å². The van der Waals surface area contributed by atoms with Gasteiger partial charge in [-0.25, -0.2) is 9.67 Å². The van der Waals surface area contributed by atoms with Gasteiger partial charge in [-0.3, -0.25) is 4.79 Å². The maximum absolute atomic E-state index is 13.0. The summed E-state index contributed by atoms with van der Waals surface area (Å²) in [4.78, 5) is 17.1. The number of nitrogens with one attached hydrogen (secondary N) is 1. The van der Waals surface area contributed by atoms with Crippen LogP contribution >= 0.6 is 0 Å². The molecule has 1 aliphatic heterocycles. The maximum Gasteiger partial charge on any atom is 0.250 e. The van der Waals surface area contributed by atoms with E-state index in [4.69, 9.17) is 4.74 Å². The number of nitrogens with zero attached hydrogens (tertiary/aromatic N) is 3. The Morgan fingerprint density at radius 1 is 1.21 bits per heavy atom. The molecule has 0 saturated heterocycles. The summed E-state index contributed by atoms with van der Waals surface area (Å²) in [6.45, 7) is 4.38. The second-order valence-corrected chi connectivity index (χ2v) is 7.22. The summed E-state index contributed by atoms with van der Waals surface area (Å²) in [5.74, 6) is 0.680. The second kappa shape index (κ2) is 8.31. The Balaban J connectivity index is 1.60. The highest BCUT2D eigenvalue weighted by atomic mass is 16.5. The summed E-state index contributed by atoms with van der Waals surface area (Å²) < 4.78 is 7.55. The molecule has 2 heterocycles. The summed E-state index contributed by atoms with van der Waals surface area (Å²) in [5.41, 5.74) is 3.80. The number of amides is 1. The number of aromatic nitrogens is 3. The van der Waals surface area contributed by atoms with E-state index in [1.807, 2.05) is 30.3 Å². The molecule has 1 amide bonds. The van der Waals surface area contributed by atoms with Crippen molar-refractivity contribution in [3.05, 3.63) is 83.4 Å².